The van der Waals surface area contributed by atoms with Crippen LogP contribution in [0.1, 0.15) is 23.0 Å². The van der Waals surface area contributed by atoms with Gasteiger partial charge in [-0.2, -0.15) is 0 Å². The number of piperazine rings is 1. The minimum Gasteiger partial charge on any atom is -0.395 e. The summed E-state index contributed by atoms with van der Waals surface area (Å²) in [5, 5.41) is 10.0. The second-order valence-corrected chi connectivity index (χ2v) is 6.31. The van der Waals surface area contributed by atoms with Gasteiger partial charge in [-0.15, -0.1) is 0 Å². The molecule has 2 N–H and O–H groups in total. The second kappa shape index (κ2) is 6.83. The fourth-order valence-electron chi connectivity index (χ4n) is 3.48. The standard InChI is InChI=1S/C18H25N3O2/c1-13-17(15-5-3-4-6-16(15)19-13)18(23)14(2)21-9-7-20(8-10-21)11-12-22/h3-6,14,19,22H,7-12H2,1-2H3/t14-/m0/s1. The summed E-state index contributed by atoms with van der Waals surface area (Å²) in [6, 6.07) is 7.86. The van der Waals surface area contributed by atoms with Crippen molar-refractivity contribution in [1.29, 1.82) is 0 Å². The van der Waals surface area contributed by atoms with Crippen molar-refractivity contribution in [2.75, 3.05) is 39.3 Å². The number of aliphatic hydroxyl groups is 1. The molecule has 1 fully saturated rings. The zero-order valence-electron chi connectivity index (χ0n) is 13.9. The number of nitrogens with zero attached hydrogens (tertiary/aromatic N) is 2. The second-order valence-electron chi connectivity index (χ2n) is 6.31. The number of hydrogen-bond donors (Lipinski definition) is 2. The number of aromatic nitrogens is 1. The third-order valence-electron chi connectivity index (χ3n) is 4.89. The van der Waals surface area contributed by atoms with Gasteiger partial charge in [0, 0.05) is 54.9 Å². The van der Waals surface area contributed by atoms with Gasteiger partial charge in [-0.05, 0) is 19.9 Å². The molecule has 1 aliphatic heterocycles. The summed E-state index contributed by atoms with van der Waals surface area (Å²) in [7, 11) is 0. The van der Waals surface area contributed by atoms with Crippen molar-refractivity contribution in [1.82, 2.24) is 14.8 Å². The molecule has 1 aromatic carbocycles. The number of benzene rings is 1. The predicted octanol–water partition coefficient (Wildman–Crippen LogP) is 1.66. The van der Waals surface area contributed by atoms with E-state index in [2.05, 4.69) is 14.8 Å². The van der Waals surface area contributed by atoms with Crippen molar-refractivity contribution in [3.63, 3.8) is 0 Å². The largest absolute Gasteiger partial charge is 0.395 e. The minimum absolute atomic E-state index is 0.121. The first-order chi connectivity index (χ1) is 11.1. The number of H-pyrrole nitrogens is 1. The molecule has 5 nitrogen and oxygen atoms in total. The average Bonchev–Trinajstić information content (AvgIpc) is 2.90. The number of ketones is 1. The van der Waals surface area contributed by atoms with Crippen LogP contribution in [0.25, 0.3) is 10.9 Å². The van der Waals surface area contributed by atoms with Gasteiger partial charge in [0.2, 0.25) is 0 Å². The minimum atomic E-state index is -0.121. The summed E-state index contributed by atoms with van der Waals surface area (Å²) in [5.41, 5.74) is 2.79. The number of hydrogen-bond acceptors (Lipinski definition) is 4. The molecule has 2 heterocycles. The molecule has 0 spiro atoms. The third kappa shape index (κ3) is 3.17. The Bertz CT molecular complexity index is 687. The van der Waals surface area contributed by atoms with E-state index in [1.807, 2.05) is 38.1 Å². The van der Waals surface area contributed by atoms with Crippen molar-refractivity contribution in [3.8, 4) is 0 Å². The van der Waals surface area contributed by atoms with E-state index in [1.165, 1.54) is 0 Å². The van der Waals surface area contributed by atoms with Crippen molar-refractivity contribution in [2.45, 2.75) is 19.9 Å². The molecule has 0 aliphatic carbocycles. The summed E-state index contributed by atoms with van der Waals surface area (Å²) < 4.78 is 0. The van der Waals surface area contributed by atoms with E-state index in [4.69, 9.17) is 5.11 Å². The molecule has 0 bridgehead atoms. The van der Waals surface area contributed by atoms with Crippen molar-refractivity contribution < 1.29 is 9.90 Å². The third-order valence-corrected chi connectivity index (χ3v) is 4.89. The highest BCUT2D eigenvalue weighted by atomic mass is 16.3. The highest BCUT2D eigenvalue weighted by Gasteiger charge is 2.28. The Morgan fingerprint density at radius 1 is 1.26 bits per heavy atom. The van der Waals surface area contributed by atoms with Crippen LogP contribution >= 0.6 is 0 Å². The Hall–Kier alpha value is -1.69. The maximum absolute atomic E-state index is 13.0. The summed E-state index contributed by atoms with van der Waals surface area (Å²) in [6.45, 7) is 8.45. The lowest BCUT2D eigenvalue weighted by atomic mass is 10.0. The number of para-hydroxylation sites is 1. The molecule has 23 heavy (non-hydrogen) atoms. The maximum atomic E-state index is 13.0. The van der Waals surface area contributed by atoms with Gasteiger partial charge < -0.3 is 10.1 Å². The summed E-state index contributed by atoms with van der Waals surface area (Å²) in [5.74, 6) is 0.190. The van der Waals surface area contributed by atoms with Gasteiger partial charge in [0.05, 0.1) is 12.6 Å². The number of β-amino-alcohol motifs (C(OH)–C–C–N with tert-alkyl or cyclic N) is 1. The molecule has 5 heteroatoms. The van der Waals surface area contributed by atoms with Crippen LogP contribution < -0.4 is 0 Å². The molecule has 1 atom stereocenters. The number of aryl methyl sites for hydroxylation is 1. The molecule has 3 rings (SSSR count). The van der Waals surface area contributed by atoms with Crippen LogP contribution in [0.3, 0.4) is 0 Å². The lowest BCUT2D eigenvalue weighted by molar-refractivity contribution is 0.0664. The van der Waals surface area contributed by atoms with E-state index >= 15 is 0 Å². The molecular formula is C18H25N3O2. The van der Waals surface area contributed by atoms with Crippen LogP contribution in [0.5, 0.6) is 0 Å². The number of aliphatic hydroxyl groups excluding tert-OH is 1. The summed E-state index contributed by atoms with van der Waals surface area (Å²) in [4.78, 5) is 20.8. The lowest BCUT2D eigenvalue weighted by Crippen LogP contribution is -2.52. The molecule has 0 saturated carbocycles. The molecule has 1 aromatic heterocycles. The van der Waals surface area contributed by atoms with Gasteiger partial charge in [0.1, 0.15) is 0 Å². The first-order valence-electron chi connectivity index (χ1n) is 8.30. The Morgan fingerprint density at radius 2 is 1.96 bits per heavy atom. The number of Topliss-reactive ketones (excluding diaryl/α,β-unsaturated/α-hetero) is 1. The predicted molar refractivity (Wildman–Crippen MR) is 91.9 cm³/mol. The Kier molecular flexibility index (Phi) is 4.80. The Balaban J connectivity index is 1.76. The van der Waals surface area contributed by atoms with Crippen LogP contribution in [-0.2, 0) is 0 Å². The number of nitrogens with one attached hydrogen (secondary N) is 1. The SMILES string of the molecule is Cc1[nH]c2ccccc2c1C(=O)[C@H](C)N1CCN(CCO)CC1. The molecule has 124 valence electrons. The first-order valence-corrected chi connectivity index (χ1v) is 8.30. The van der Waals surface area contributed by atoms with Gasteiger partial charge in [-0.3, -0.25) is 14.6 Å². The van der Waals surface area contributed by atoms with Gasteiger partial charge in [0.15, 0.2) is 5.78 Å². The monoisotopic (exact) mass is 315 g/mol. The van der Waals surface area contributed by atoms with Crippen molar-refractivity contribution in [3.05, 3.63) is 35.5 Å². The average molecular weight is 315 g/mol. The highest BCUT2D eigenvalue weighted by molar-refractivity contribution is 6.11. The quantitative estimate of drug-likeness (QED) is 0.824. The maximum Gasteiger partial charge on any atom is 0.182 e. The molecular weight excluding hydrogens is 290 g/mol. The van der Waals surface area contributed by atoms with Crippen LogP contribution in [-0.4, -0.2) is 71.0 Å². The van der Waals surface area contributed by atoms with Gasteiger partial charge in [-0.1, -0.05) is 18.2 Å². The number of carbonyl (C=O) groups excluding carboxylic acids is 1. The van der Waals surface area contributed by atoms with Crippen molar-refractivity contribution >= 4 is 16.7 Å². The highest BCUT2D eigenvalue weighted by Crippen LogP contribution is 2.24. The number of fused-ring (bicyclic) bond motifs is 1. The fraction of sp³-hybridized carbons (Fsp3) is 0.500. The number of rotatable bonds is 5. The zero-order valence-corrected chi connectivity index (χ0v) is 13.9. The van der Waals surface area contributed by atoms with E-state index in [1.54, 1.807) is 0 Å². The smallest absolute Gasteiger partial charge is 0.182 e. The van der Waals surface area contributed by atoms with E-state index in [-0.39, 0.29) is 18.4 Å². The molecule has 0 unspecified atom stereocenters. The van der Waals surface area contributed by atoms with Crippen LogP contribution in [0.15, 0.2) is 24.3 Å². The van der Waals surface area contributed by atoms with Gasteiger partial charge >= 0.3 is 0 Å². The molecule has 0 amide bonds. The fourth-order valence-corrected chi connectivity index (χ4v) is 3.48. The van der Waals surface area contributed by atoms with Crippen LogP contribution in [0, 0.1) is 6.92 Å². The van der Waals surface area contributed by atoms with E-state index < -0.39 is 0 Å². The van der Waals surface area contributed by atoms with Gasteiger partial charge in [0.25, 0.3) is 0 Å². The summed E-state index contributed by atoms with van der Waals surface area (Å²) >= 11 is 0. The molecule has 1 aliphatic rings. The number of aromatic amines is 1. The topological polar surface area (TPSA) is 59.6 Å². The van der Waals surface area contributed by atoms with E-state index in [9.17, 15) is 4.79 Å². The van der Waals surface area contributed by atoms with E-state index in [0.29, 0.717) is 0 Å². The van der Waals surface area contributed by atoms with Gasteiger partial charge in [-0.25, -0.2) is 0 Å². The Morgan fingerprint density at radius 3 is 2.65 bits per heavy atom. The van der Waals surface area contributed by atoms with Crippen LogP contribution in [0.2, 0.25) is 0 Å². The lowest BCUT2D eigenvalue weighted by Gasteiger charge is -2.37. The normalized spacial score (nSPS) is 18.4. The van der Waals surface area contributed by atoms with Crippen LogP contribution in [0.4, 0.5) is 0 Å². The first kappa shape index (κ1) is 16.2. The van der Waals surface area contributed by atoms with E-state index in [0.717, 1.165) is 54.9 Å². The van der Waals surface area contributed by atoms with Crippen molar-refractivity contribution in [2.24, 2.45) is 0 Å². The molecule has 1 saturated heterocycles. The summed E-state index contributed by atoms with van der Waals surface area (Å²) in [6.07, 6.45) is 0. The molecule has 2 aromatic rings. The Labute approximate surface area is 136 Å². The molecule has 0 radical (unpaired) electrons. The zero-order chi connectivity index (χ0) is 16.4. The number of carbonyl (C=O) groups is 1.